The Bertz CT molecular complexity index is 450. The van der Waals surface area contributed by atoms with E-state index in [-0.39, 0.29) is 11.3 Å². The summed E-state index contributed by atoms with van der Waals surface area (Å²) in [7, 11) is 0. The van der Waals surface area contributed by atoms with Gasteiger partial charge in [-0.2, -0.15) is 0 Å². The van der Waals surface area contributed by atoms with Crippen molar-refractivity contribution < 1.29 is 4.79 Å². The van der Waals surface area contributed by atoms with Crippen LogP contribution in [-0.4, -0.2) is 12.5 Å². The molecular weight excluding hydrogens is 292 g/mol. The molecule has 3 N–H and O–H groups in total. The van der Waals surface area contributed by atoms with Gasteiger partial charge in [0.25, 0.3) is 5.91 Å². The summed E-state index contributed by atoms with van der Waals surface area (Å²) in [5.41, 5.74) is 8.16. The number of hydrogen-bond acceptors (Lipinski definition) is 2. The zero-order valence-corrected chi connectivity index (χ0v) is 13.0. The number of nitrogens with two attached hydrogens (primary N) is 1. The molecule has 18 heavy (non-hydrogen) atoms. The van der Waals surface area contributed by atoms with Crippen molar-refractivity contribution in [2.75, 3.05) is 12.3 Å². The van der Waals surface area contributed by atoms with E-state index in [4.69, 9.17) is 5.73 Å². The van der Waals surface area contributed by atoms with Gasteiger partial charge >= 0.3 is 0 Å². The Morgan fingerprint density at radius 2 is 2.00 bits per heavy atom. The highest BCUT2D eigenvalue weighted by molar-refractivity contribution is 9.10. The van der Waals surface area contributed by atoms with Crippen molar-refractivity contribution in [3.8, 4) is 0 Å². The molecule has 4 heteroatoms. The van der Waals surface area contributed by atoms with Gasteiger partial charge in [0.1, 0.15) is 0 Å². The van der Waals surface area contributed by atoms with Gasteiger partial charge in [-0.25, -0.2) is 0 Å². The lowest BCUT2D eigenvalue weighted by Gasteiger charge is -2.18. The van der Waals surface area contributed by atoms with Crippen LogP contribution < -0.4 is 11.1 Å². The number of amides is 1. The number of nitrogen functional groups attached to an aromatic ring is 1. The summed E-state index contributed by atoms with van der Waals surface area (Å²) in [4.78, 5) is 12.1. The number of hydrogen-bond donors (Lipinski definition) is 2. The zero-order valence-electron chi connectivity index (χ0n) is 11.4. The Hall–Kier alpha value is -1.03. The Balaban J connectivity index is 2.73. The Morgan fingerprint density at radius 1 is 1.39 bits per heavy atom. The van der Waals surface area contributed by atoms with Gasteiger partial charge in [-0.15, -0.1) is 0 Å². The van der Waals surface area contributed by atoms with Crippen LogP contribution in [0.3, 0.4) is 0 Å². The van der Waals surface area contributed by atoms with Crippen molar-refractivity contribution in [1.82, 2.24) is 5.32 Å². The molecule has 0 aromatic heterocycles. The van der Waals surface area contributed by atoms with Crippen molar-refractivity contribution in [3.05, 3.63) is 27.7 Å². The standard InChI is InChI=1S/C14H21BrN2O/c1-9-11(7-10(15)8-12(9)16)13(18)17-6-5-14(2,3)4/h7-8H,5-6,16H2,1-4H3,(H,17,18). The molecule has 0 atom stereocenters. The molecule has 1 aromatic carbocycles. The van der Waals surface area contributed by atoms with Gasteiger partial charge in [-0.05, 0) is 36.5 Å². The average Bonchev–Trinajstić information content (AvgIpc) is 2.21. The van der Waals surface area contributed by atoms with E-state index >= 15 is 0 Å². The summed E-state index contributed by atoms with van der Waals surface area (Å²) in [5.74, 6) is -0.0650. The minimum Gasteiger partial charge on any atom is -0.398 e. The molecule has 1 aromatic rings. The molecule has 0 spiro atoms. The van der Waals surface area contributed by atoms with E-state index in [0.29, 0.717) is 17.8 Å². The van der Waals surface area contributed by atoms with Crippen LogP contribution in [0.15, 0.2) is 16.6 Å². The first kappa shape index (κ1) is 15.0. The van der Waals surface area contributed by atoms with E-state index < -0.39 is 0 Å². The Morgan fingerprint density at radius 3 is 2.56 bits per heavy atom. The van der Waals surface area contributed by atoms with E-state index in [1.807, 2.05) is 6.92 Å². The smallest absolute Gasteiger partial charge is 0.251 e. The van der Waals surface area contributed by atoms with Gasteiger partial charge in [-0.3, -0.25) is 4.79 Å². The van der Waals surface area contributed by atoms with E-state index in [0.717, 1.165) is 16.5 Å². The Labute approximate surface area is 117 Å². The first-order valence-corrected chi connectivity index (χ1v) is 6.84. The molecule has 1 amide bonds. The van der Waals surface area contributed by atoms with Crippen LogP contribution in [0.5, 0.6) is 0 Å². The fraction of sp³-hybridized carbons (Fsp3) is 0.500. The number of rotatable bonds is 3. The normalized spacial score (nSPS) is 11.4. The van der Waals surface area contributed by atoms with Gasteiger partial charge < -0.3 is 11.1 Å². The molecule has 0 aliphatic carbocycles. The molecular formula is C14H21BrN2O. The number of benzene rings is 1. The average molecular weight is 313 g/mol. The second-order valence-electron chi connectivity index (χ2n) is 5.73. The van der Waals surface area contributed by atoms with E-state index in [1.54, 1.807) is 12.1 Å². The maximum atomic E-state index is 12.1. The monoisotopic (exact) mass is 312 g/mol. The van der Waals surface area contributed by atoms with Crippen LogP contribution in [-0.2, 0) is 0 Å². The third kappa shape index (κ3) is 4.33. The largest absolute Gasteiger partial charge is 0.398 e. The lowest BCUT2D eigenvalue weighted by atomic mass is 9.92. The van der Waals surface area contributed by atoms with Gasteiger partial charge in [0.15, 0.2) is 0 Å². The van der Waals surface area contributed by atoms with Crippen LogP contribution in [0.2, 0.25) is 0 Å². The molecule has 0 unspecified atom stereocenters. The quantitative estimate of drug-likeness (QED) is 0.839. The van der Waals surface area contributed by atoms with E-state index in [1.165, 1.54) is 0 Å². The summed E-state index contributed by atoms with van der Waals surface area (Å²) >= 11 is 3.36. The topological polar surface area (TPSA) is 55.1 Å². The molecule has 3 nitrogen and oxygen atoms in total. The Kier molecular flexibility index (Phi) is 4.79. The molecule has 0 bridgehead atoms. The minimum absolute atomic E-state index is 0.0650. The predicted molar refractivity (Wildman–Crippen MR) is 79.7 cm³/mol. The van der Waals surface area contributed by atoms with E-state index in [9.17, 15) is 4.79 Å². The van der Waals surface area contributed by atoms with Crippen molar-refractivity contribution in [2.24, 2.45) is 5.41 Å². The third-order valence-electron chi connectivity index (χ3n) is 2.82. The summed E-state index contributed by atoms with van der Waals surface area (Å²) < 4.78 is 0.826. The molecule has 0 radical (unpaired) electrons. The second kappa shape index (κ2) is 5.74. The highest BCUT2D eigenvalue weighted by Crippen LogP contribution is 2.23. The fourth-order valence-electron chi connectivity index (χ4n) is 1.58. The SMILES string of the molecule is Cc1c(N)cc(Br)cc1C(=O)NCCC(C)(C)C. The molecule has 0 aliphatic heterocycles. The maximum Gasteiger partial charge on any atom is 0.251 e. The number of halogens is 1. The van der Waals surface area contributed by atoms with Crippen molar-refractivity contribution in [1.29, 1.82) is 0 Å². The van der Waals surface area contributed by atoms with Crippen LogP contribution in [0.1, 0.15) is 43.1 Å². The summed E-state index contributed by atoms with van der Waals surface area (Å²) in [6.07, 6.45) is 0.946. The number of anilines is 1. The van der Waals surface area contributed by atoms with Crippen molar-refractivity contribution >= 4 is 27.5 Å². The first-order valence-electron chi connectivity index (χ1n) is 6.04. The van der Waals surface area contributed by atoms with Crippen LogP contribution in [0, 0.1) is 12.3 Å². The van der Waals surface area contributed by atoms with E-state index in [2.05, 4.69) is 42.0 Å². The summed E-state index contributed by atoms with van der Waals surface area (Å²) in [5, 5.41) is 2.94. The van der Waals surface area contributed by atoms with Gasteiger partial charge in [0.2, 0.25) is 0 Å². The van der Waals surface area contributed by atoms with Crippen LogP contribution >= 0.6 is 15.9 Å². The molecule has 0 aliphatic rings. The number of nitrogens with one attached hydrogen (secondary N) is 1. The number of carbonyl (C=O) groups is 1. The highest BCUT2D eigenvalue weighted by Gasteiger charge is 2.14. The second-order valence-corrected chi connectivity index (χ2v) is 6.65. The molecule has 0 fully saturated rings. The molecule has 0 heterocycles. The summed E-state index contributed by atoms with van der Waals surface area (Å²) in [6, 6.07) is 3.61. The zero-order chi connectivity index (χ0) is 13.9. The predicted octanol–water partition coefficient (Wildman–Crippen LogP) is 3.51. The van der Waals surface area contributed by atoms with Gasteiger partial charge in [0, 0.05) is 22.3 Å². The fourth-order valence-corrected chi connectivity index (χ4v) is 2.06. The maximum absolute atomic E-state index is 12.1. The lowest BCUT2D eigenvalue weighted by molar-refractivity contribution is 0.0949. The molecule has 1 rings (SSSR count). The minimum atomic E-state index is -0.0650. The third-order valence-corrected chi connectivity index (χ3v) is 3.28. The van der Waals surface area contributed by atoms with Gasteiger partial charge in [-0.1, -0.05) is 36.7 Å². The van der Waals surface area contributed by atoms with Gasteiger partial charge in [0.05, 0.1) is 0 Å². The van der Waals surface area contributed by atoms with Crippen molar-refractivity contribution in [2.45, 2.75) is 34.1 Å². The van der Waals surface area contributed by atoms with Crippen molar-refractivity contribution in [3.63, 3.8) is 0 Å². The number of carbonyl (C=O) groups excluding carboxylic acids is 1. The van der Waals surface area contributed by atoms with Crippen LogP contribution in [0.25, 0.3) is 0 Å². The summed E-state index contributed by atoms with van der Waals surface area (Å²) in [6.45, 7) is 9.00. The first-order chi connectivity index (χ1) is 8.20. The molecule has 100 valence electrons. The lowest BCUT2D eigenvalue weighted by Crippen LogP contribution is -2.28. The molecule has 0 saturated heterocycles. The molecule has 0 saturated carbocycles. The van der Waals surface area contributed by atoms with Crippen LogP contribution in [0.4, 0.5) is 5.69 Å². The highest BCUT2D eigenvalue weighted by atomic mass is 79.9.